The van der Waals surface area contributed by atoms with Gasteiger partial charge in [0.15, 0.2) is 11.5 Å². The van der Waals surface area contributed by atoms with Crippen LogP contribution in [0.3, 0.4) is 0 Å². The quantitative estimate of drug-likeness (QED) is 0.247. The smallest absolute Gasteiger partial charge is 0.308 e. The van der Waals surface area contributed by atoms with E-state index in [9.17, 15) is 15.0 Å². The second kappa shape index (κ2) is 10.9. The third-order valence-corrected chi connectivity index (χ3v) is 8.19. The Bertz CT molecular complexity index is 1660. The van der Waals surface area contributed by atoms with E-state index in [1.807, 2.05) is 61.5 Å². The van der Waals surface area contributed by atoms with Crippen molar-refractivity contribution in [2.75, 3.05) is 27.6 Å². The number of carboxylic acid groups (broad SMARTS) is 1. The molecule has 0 bridgehead atoms. The molecule has 4 aromatic carbocycles. The van der Waals surface area contributed by atoms with Gasteiger partial charge in [0, 0.05) is 11.6 Å². The van der Waals surface area contributed by atoms with Crippen LogP contribution in [0.15, 0.2) is 72.8 Å². The molecule has 2 atom stereocenters. The minimum absolute atomic E-state index is 0.00176. The standard InChI is InChI=1S/C34H32O8/c1-4-13-40-24-8-10-27-20(14-24)15-29(33(36)37)34(27,21-5-12-31-32(16-21)42-19-41-31)28-11-7-22(38-2)17-26(28)25-9-6-23(39-3)18-30(25)35/h5-12,14,16-18,29,35H,4,13,15,19H2,1-3H3,(H,36,37). The minimum atomic E-state index is -1.17. The number of carboxylic acids is 1. The topological polar surface area (TPSA) is 104 Å². The molecule has 1 aliphatic heterocycles. The Kier molecular flexibility index (Phi) is 7.06. The highest BCUT2D eigenvalue weighted by atomic mass is 16.7. The zero-order chi connectivity index (χ0) is 29.4. The van der Waals surface area contributed by atoms with E-state index < -0.39 is 17.3 Å². The van der Waals surface area contributed by atoms with Crippen molar-refractivity contribution in [3.05, 3.63) is 95.1 Å². The van der Waals surface area contributed by atoms with Crippen LogP contribution in [0.5, 0.6) is 34.5 Å². The fourth-order valence-electron chi connectivity index (χ4n) is 6.34. The molecular formula is C34H32O8. The second-order valence-corrected chi connectivity index (χ2v) is 10.4. The van der Waals surface area contributed by atoms with E-state index in [0.717, 1.165) is 23.1 Å². The number of rotatable bonds is 9. The summed E-state index contributed by atoms with van der Waals surface area (Å²) in [7, 11) is 3.11. The zero-order valence-electron chi connectivity index (χ0n) is 23.7. The van der Waals surface area contributed by atoms with E-state index in [1.165, 1.54) is 7.11 Å². The first-order valence-electron chi connectivity index (χ1n) is 13.9. The Morgan fingerprint density at radius 2 is 1.57 bits per heavy atom. The first-order valence-corrected chi connectivity index (χ1v) is 13.9. The van der Waals surface area contributed by atoms with Crippen molar-refractivity contribution in [1.82, 2.24) is 0 Å². The van der Waals surface area contributed by atoms with Crippen molar-refractivity contribution >= 4 is 5.97 Å². The molecule has 0 fully saturated rings. The normalized spacial score (nSPS) is 18.4. The highest BCUT2D eigenvalue weighted by Crippen LogP contribution is 2.57. The highest BCUT2D eigenvalue weighted by Gasteiger charge is 2.54. The first kappa shape index (κ1) is 27.3. The number of ether oxygens (including phenoxy) is 5. The fourth-order valence-corrected chi connectivity index (χ4v) is 6.34. The Balaban J connectivity index is 1.69. The SMILES string of the molecule is CCCOc1ccc2c(c1)CC(C(=O)O)C2(c1ccc2c(c1)OCO2)c1ccc(OC)cc1-c1ccc(OC)cc1O. The maximum absolute atomic E-state index is 13.3. The molecule has 4 aromatic rings. The monoisotopic (exact) mass is 568 g/mol. The van der Waals surface area contributed by atoms with Crippen molar-refractivity contribution < 1.29 is 38.7 Å². The van der Waals surface area contributed by atoms with Gasteiger partial charge in [-0.3, -0.25) is 4.79 Å². The minimum Gasteiger partial charge on any atom is -0.507 e. The van der Waals surface area contributed by atoms with Gasteiger partial charge in [-0.2, -0.15) is 0 Å². The molecule has 0 radical (unpaired) electrons. The Morgan fingerprint density at radius 1 is 0.857 bits per heavy atom. The van der Waals surface area contributed by atoms with Crippen LogP contribution in [0.4, 0.5) is 0 Å². The zero-order valence-corrected chi connectivity index (χ0v) is 23.7. The molecule has 0 spiro atoms. The maximum Gasteiger partial charge on any atom is 0.308 e. The van der Waals surface area contributed by atoms with Gasteiger partial charge in [0.1, 0.15) is 23.0 Å². The summed E-state index contributed by atoms with van der Waals surface area (Å²) >= 11 is 0. The summed E-state index contributed by atoms with van der Waals surface area (Å²) < 4.78 is 28.2. The predicted octanol–water partition coefficient (Wildman–Crippen LogP) is 6.19. The molecule has 42 heavy (non-hydrogen) atoms. The number of hydrogen-bond donors (Lipinski definition) is 2. The van der Waals surface area contributed by atoms with Crippen LogP contribution in [0.25, 0.3) is 11.1 Å². The lowest BCUT2D eigenvalue weighted by Gasteiger charge is -2.38. The van der Waals surface area contributed by atoms with E-state index in [0.29, 0.717) is 52.0 Å². The van der Waals surface area contributed by atoms with Crippen LogP contribution in [0, 0.1) is 5.92 Å². The number of phenolic OH excluding ortho intramolecular Hbond substituents is 1. The number of methoxy groups -OCH3 is 2. The van der Waals surface area contributed by atoms with Gasteiger partial charge in [0.05, 0.1) is 32.2 Å². The van der Waals surface area contributed by atoms with Crippen LogP contribution < -0.4 is 23.7 Å². The number of aromatic hydroxyl groups is 1. The van der Waals surface area contributed by atoms with Crippen LogP contribution in [-0.4, -0.2) is 43.8 Å². The molecule has 2 aliphatic rings. The number of carbonyl (C=O) groups is 1. The average molecular weight is 569 g/mol. The van der Waals surface area contributed by atoms with Crippen molar-refractivity contribution in [2.24, 2.45) is 5.92 Å². The summed E-state index contributed by atoms with van der Waals surface area (Å²) in [5.41, 5.74) is 3.16. The summed E-state index contributed by atoms with van der Waals surface area (Å²) in [6.07, 6.45) is 1.14. The molecule has 1 heterocycles. The van der Waals surface area contributed by atoms with E-state index in [2.05, 4.69) is 0 Å². The van der Waals surface area contributed by atoms with Crippen LogP contribution in [0.2, 0.25) is 0 Å². The van der Waals surface area contributed by atoms with Gasteiger partial charge in [-0.05, 0) is 89.2 Å². The molecule has 2 N–H and O–H groups in total. The van der Waals surface area contributed by atoms with E-state index in [4.69, 9.17) is 23.7 Å². The van der Waals surface area contributed by atoms with Gasteiger partial charge >= 0.3 is 5.97 Å². The third-order valence-electron chi connectivity index (χ3n) is 8.19. The number of hydrogen-bond acceptors (Lipinski definition) is 7. The van der Waals surface area contributed by atoms with Crippen LogP contribution >= 0.6 is 0 Å². The van der Waals surface area contributed by atoms with Crippen molar-refractivity contribution in [1.29, 1.82) is 0 Å². The molecule has 0 amide bonds. The van der Waals surface area contributed by atoms with Gasteiger partial charge in [0.25, 0.3) is 0 Å². The van der Waals surface area contributed by atoms with Gasteiger partial charge in [0.2, 0.25) is 6.79 Å². The Labute approximate surface area is 244 Å². The van der Waals surface area contributed by atoms with Crippen LogP contribution in [0.1, 0.15) is 35.6 Å². The summed E-state index contributed by atoms with van der Waals surface area (Å²) in [5, 5.41) is 22.0. The largest absolute Gasteiger partial charge is 0.507 e. The van der Waals surface area contributed by atoms with Gasteiger partial charge in [-0.15, -0.1) is 0 Å². The molecule has 216 valence electrons. The molecule has 0 saturated carbocycles. The molecular weight excluding hydrogens is 536 g/mol. The van der Waals surface area contributed by atoms with E-state index >= 15 is 0 Å². The molecule has 8 heteroatoms. The average Bonchev–Trinajstić information content (AvgIpc) is 3.62. The Hall–Kier alpha value is -4.85. The Morgan fingerprint density at radius 3 is 2.31 bits per heavy atom. The number of benzene rings is 4. The molecule has 0 saturated heterocycles. The van der Waals surface area contributed by atoms with Gasteiger partial charge < -0.3 is 33.9 Å². The number of phenols is 1. The third kappa shape index (κ3) is 4.34. The number of aliphatic carboxylic acids is 1. The fraction of sp³-hybridized carbons (Fsp3) is 0.265. The second-order valence-electron chi connectivity index (χ2n) is 10.4. The van der Waals surface area contributed by atoms with Gasteiger partial charge in [-0.1, -0.05) is 25.1 Å². The molecule has 2 unspecified atom stereocenters. The lowest BCUT2D eigenvalue weighted by Crippen LogP contribution is -2.39. The predicted molar refractivity (Wildman–Crippen MR) is 156 cm³/mol. The summed E-state index contributed by atoms with van der Waals surface area (Å²) in [4.78, 5) is 13.3. The summed E-state index contributed by atoms with van der Waals surface area (Å²) in [6.45, 7) is 2.70. The van der Waals surface area contributed by atoms with Crippen LogP contribution in [-0.2, 0) is 16.6 Å². The van der Waals surface area contributed by atoms with Crippen molar-refractivity contribution in [3.63, 3.8) is 0 Å². The van der Waals surface area contributed by atoms with Gasteiger partial charge in [-0.25, -0.2) is 0 Å². The van der Waals surface area contributed by atoms with Crippen molar-refractivity contribution in [3.8, 4) is 45.6 Å². The maximum atomic E-state index is 13.3. The highest BCUT2D eigenvalue weighted by molar-refractivity contribution is 5.85. The molecule has 0 aromatic heterocycles. The summed E-state index contributed by atoms with van der Waals surface area (Å²) in [5.74, 6) is 1.09. The summed E-state index contributed by atoms with van der Waals surface area (Å²) in [6, 6.07) is 22.0. The molecule has 6 rings (SSSR count). The lowest BCUT2D eigenvalue weighted by molar-refractivity contribution is -0.142. The number of fused-ring (bicyclic) bond motifs is 2. The first-order chi connectivity index (χ1) is 20.4. The van der Waals surface area contributed by atoms with Crippen molar-refractivity contribution in [2.45, 2.75) is 25.2 Å². The molecule has 1 aliphatic carbocycles. The van der Waals surface area contributed by atoms with E-state index in [-0.39, 0.29) is 19.0 Å². The van der Waals surface area contributed by atoms with E-state index in [1.54, 1.807) is 25.3 Å². The lowest BCUT2D eigenvalue weighted by atomic mass is 9.63. The molecule has 8 nitrogen and oxygen atoms in total.